The number of aromatic nitrogens is 5. The molecule has 1 aliphatic heterocycles. The van der Waals surface area contributed by atoms with Gasteiger partial charge in [0.25, 0.3) is 47.3 Å². The minimum atomic E-state index is -1.99. The zero-order valence-corrected chi connectivity index (χ0v) is 44.2. The first kappa shape index (κ1) is 59.5. The van der Waals surface area contributed by atoms with Crippen molar-refractivity contribution in [1.82, 2.24) is 72.8 Å². The van der Waals surface area contributed by atoms with Crippen molar-refractivity contribution in [3.63, 3.8) is 0 Å². The molecular formula is C50H49N15O15S. The van der Waals surface area contributed by atoms with Crippen LogP contribution in [0.2, 0.25) is 0 Å². The number of hydrogen-bond donors (Lipinski definition) is 12. The van der Waals surface area contributed by atoms with Crippen molar-refractivity contribution in [1.29, 1.82) is 0 Å². The van der Waals surface area contributed by atoms with E-state index in [1.807, 2.05) is 0 Å². The molecule has 30 nitrogen and oxygen atoms in total. The molecule has 0 spiro atoms. The van der Waals surface area contributed by atoms with Crippen molar-refractivity contribution in [3.8, 4) is 22.0 Å². The van der Waals surface area contributed by atoms with Crippen LogP contribution in [0.3, 0.4) is 0 Å². The zero-order chi connectivity index (χ0) is 59.9. The summed E-state index contributed by atoms with van der Waals surface area (Å²) >= 11 is 0.882. The number of nitrogens with zero attached hydrogens (tertiary/aromatic N) is 5. The van der Waals surface area contributed by atoms with E-state index in [1.165, 1.54) is 58.2 Å². The fourth-order valence-electron chi connectivity index (χ4n) is 6.66. The predicted molar refractivity (Wildman–Crippen MR) is 282 cm³/mol. The smallest absolute Gasteiger partial charge is 0.278 e. The van der Waals surface area contributed by atoms with E-state index >= 15 is 0 Å². The first-order chi connectivity index (χ1) is 38.0. The molecule has 5 aromatic rings. The Balaban J connectivity index is 1.36. The Bertz CT molecular complexity index is 3610. The molecule has 5 aromatic heterocycles. The highest BCUT2D eigenvalue weighted by Crippen LogP contribution is 2.33. The third-order valence-corrected chi connectivity index (χ3v) is 11.8. The number of pyridine rings is 1. The second-order valence-electron chi connectivity index (χ2n) is 17.6. The number of allylic oxidation sites excluding steroid dienone is 1. The third kappa shape index (κ3) is 14.0. The van der Waals surface area contributed by atoms with Crippen LogP contribution in [-0.2, 0) is 28.8 Å². The Labute approximate surface area is 460 Å². The fraction of sp³-hybridized carbons (Fsp3) is 0.180. The van der Waals surface area contributed by atoms with Crippen LogP contribution in [0.25, 0.3) is 39.1 Å². The topological polar surface area (TPSA) is 449 Å². The van der Waals surface area contributed by atoms with Gasteiger partial charge in [-0.05, 0) is 46.8 Å². The van der Waals surface area contributed by atoms with Crippen LogP contribution in [0.4, 0.5) is 0 Å². The van der Waals surface area contributed by atoms with Gasteiger partial charge in [-0.15, -0.1) is 11.3 Å². The van der Waals surface area contributed by atoms with Gasteiger partial charge in [-0.25, -0.2) is 24.9 Å². The summed E-state index contributed by atoms with van der Waals surface area (Å²) in [5.41, 5.74) is -1.59. The summed E-state index contributed by atoms with van der Waals surface area (Å²) in [6.07, 6.45) is 1.68. The van der Waals surface area contributed by atoms with Crippen molar-refractivity contribution < 1.29 is 71.4 Å². The van der Waals surface area contributed by atoms with Gasteiger partial charge in [-0.2, -0.15) is 0 Å². The van der Waals surface area contributed by atoms with Crippen molar-refractivity contribution in [2.45, 2.75) is 58.4 Å². The highest BCUT2D eigenvalue weighted by molar-refractivity contribution is 7.13. The molecule has 3 atom stereocenters. The number of oxazole rings is 3. The van der Waals surface area contributed by atoms with Gasteiger partial charge in [0.1, 0.15) is 58.2 Å². The molecule has 10 amide bonds. The number of aliphatic hydroxyl groups is 2. The number of fused-ring (bicyclic) bond motifs is 11. The average molecular weight is 1130 g/mol. The lowest BCUT2D eigenvalue weighted by Gasteiger charge is -2.29. The van der Waals surface area contributed by atoms with Gasteiger partial charge in [0.05, 0.1) is 51.6 Å². The normalized spacial score (nSPS) is 17.3. The van der Waals surface area contributed by atoms with Crippen LogP contribution < -0.4 is 53.6 Å². The quantitative estimate of drug-likeness (QED) is 0.0938. The van der Waals surface area contributed by atoms with Gasteiger partial charge in [0, 0.05) is 10.9 Å². The second kappa shape index (κ2) is 24.3. The summed E-state index contributed by atoms with van der Waals surface area (Å²) in [6, 6.07) is -0.900. The standard InChI is InChI=1S/C50H49N15O15S/c1-12-27-48-61-30(16-79-48)41(72)54-21(5)39(70)65-35(50(10,11)77)45(76)57-23(7)47-64-33(25(9)80-47)44(75)55-20(4)38(69)56-22(6)46-60-29(15-78-46)34-26(49-62-31(17-81-49)42(73)63-32(24(8)66)43(74)59-27)13-14-28(58-34)40(71)53-19(3)37(68)52-18(2)36(51)67/h12-17,24,32,35,66,77H,2-7H2,1,8-11H3,(H2,51,67)(H,52,68)(H,53,71)(H,54,72)(H,55,75)(H,56,69)(H,57,76)(H,59,74)(H,63,73)(H,65,70). The highest BCUT2D eigenvalue weighted by atomic mass is 32.1. The minimum Gasteiger partial charge on any atom is -0.443 e. The van der Waals surface area contributed by atoms with Crippen molar-refractivity contribution >= 4 is 87.5 Å². The molecule has 0 fully saturated rings. The Kier molecular flexibility index (Phi) is 17.8. The molecule has 6 heterocycles. The lowest BCUT2D eigenvalue weighted by Crippen LogP contribution is -2.58. The fourth-order valence-corrected chi connectivity index (χ4v) is 7.48. The number of nitrogens with one attached hydrogen (secondary N) is 9. The third-order valence-electron chi connectivity index (χ3n) is 10.9. The van der Waals surface area contributed by atoms with E-state index in [-0.39, 0.29) is 68.0 Å². The van der Waals surface area contributed by atoms with E-state index < -0.39 is 123 Å². The van der Waals surface area contributed by atoms with E-state index in [2.05, 4.69) is 112 Å². The van der Waals surface area contributed by atoms with Crippen LogP contribution >= 0.6 is 11.3 Å². The molecule has 0 radical (unpaired) electrons. The second-order valence-corrected chi connectivity index (χ2v) is 18.4. The first-order valence-electron chi connectivity index (χ1n) is 23.1. The Morgan fingerprint density at radius 1 is 0.716 bits per heavy atom. The number of carbonyl (C=O) groups is 10. The van der Waals surface area contributed by atoms with Crippen LogP contribution in [-0.4, -0.2) is 118 Å². The van der Waals surface area contributed by atoms with E-state index in [4.69, 9.17) is 19.0 Å². The SMILES string of the molecule is C=C(NC(=O)C(=C)NC(=O)c1ccc2c(n1)-c1coc(n1)C(=C)NC(=O)C(=C)NC(=O)c1nc(oc1C)C(=C)NC(=O)C(C(C)(C)O)NC(=O)C(=C)NC(=O)c1coc(n1)C(=CC)NC(=O)C(C(C)O)NC(=O)c1csc-2n1)C(N)=O. The maximum absolute atomic E-state index is 13.8. The summed E-state index contributed by atoms with van der Waals surface area (Å²) in [6.45, 7) is 27.7. The summed E-state index contributed by atoms with van der Waals surface area (Å²) in [4.78, 5) is 153. The van der Waals surface area contributed by atoms with Crippen LogP contribution in [0.1, 0.15) is 93.1 Å². The molecule has 0 saturated heterocycles. The zero-order valence-electron chi connectivity index (χ0n) is 43.4. The van der Waals surface area contributed by atoms with E-state index in [0.29, 0.717) is 0 Å². The van der Waals surface area contributed by atoms with E-state index in [1.54, 1.807) is 0 Å². The van der Waals surface area contributed by atoms with Crippen LogP contribution in [0, 0.1) is 6.92 Å². The molecule has 0 saturated carbocycles. The number of hydrogen-bond acceptors (Lipinski definition) is 21. The van der Waals surface area contributed by atoms with Crippen LogP contribution in [0.5, 0.6) is 0 Å². The van der Waals surface area contributed by atoms with Crippen molar-refractivity contribution in [2.75, 3.05) is 0 Å². The summed E-state index contributed by atoms with van der Waals surface area (Å²) in [5.74, 6) is -11.7. The van der Waals surface area contributed by atoms with Gasteiger partial charge in [-0.1, -0.05) is 45.5 Å². The van der Waals surface area contributed by atoms with Gasteiger partial charge in [-0.3, -0.25) is 47.9 Å². The summed E-state index contributed by atoms with van der Waals surface area (Å²) < 4.78 is 16.6. The Morgan fingerprint density at radius 2 is 1.33 bits per heavy atom. The van der Waals surface area contributed by atoms with Gasteiger partial charge in [0.2, 0.25) is 29.5 Å². The largest absolute Gasteiger partial charge is 0.443 e. The predicted octanol–water partition coefficient (Wildman–Crippen LogP) is -0.210. The molecule has 0 aliphatic carbocycles. The molecule has 81 heavy (non-hydrogen) atoms. The minimum absolute atomic E-state index is 0.0591. The number of nitrogens with two attached hydrogens (primary N) is 1. The lowest BCUT2D eigenvalue weighted by molar-refractivity contribution is -0.132. The average Bonchev–Trinajstić information content (AvgIpc) is 4.26. The summed E-state index contributed by atoms with van der Waals surface area (Å²) in [5, 5.41) is 43.5. The number of aliphatic hydroxyl groups excluding tert-OH is 1. The maximum atomic E-state index is 13.8. The first-order valence-corrected chi connectivity index (χ1v) is 24.0. The molecule has 3 unspecified atom stereocenters. The number of aryl methyl sites for hydroxylation is 1. The Morgan fingerprint density at radius 3 is 1.99 bits per heavy atom. The highest BCUT2D eigenvalue weighted by Gasteiger charge is 2.37. The molecule has 0 aromatic carbocycles. The Hall–Kier alpha value is -10.8. The summed E-state index contributed by atoms with van der Waals surface area (Å²) in [7, 11) is 0. The molecule has 1 aliphatic rings. The number of carbonyl (C=O) groups excluding carboxylic acids is 10. The van der Waals surface area contributed by atoms with Gasteiger partial charge < -0.3 is 77.0 Å². The van der Waals surface area contributed by atoms with E-state index in [0.717, 1.165) is 23.9 Å². The maximum Gasteiger partial charge on any atom is 0.278 e. The molecule has 13 N–H and O–H groups in total. The molecule has 31 heteroatoms. The molecular weight excluding hydrogens is 1080 g/mol. The van der Waals surface area contributed by atoms with Crippen molar-refractivity contribution in [2.24, 2.45) is 5.73 Å². The molecule has 8 bridgehead atoms. The van der Waals surface area contributed by atoms with Gasteiger partial charge >= 0.3 is 0 Å². The molecule has 6 rings (SSSR count). The lowest BCUT2D eigenvalue weighted by atomic mass is 9.97. The monoisotopic (exact) mass is 1130 g/mol. The van der Waals surface area contributed by atoms with E-state index in [9.17, 15) is 58.2 Å². The number of thiazole rings is 1. The number of primary amides is 1. The number of amides is 10. The van der Waals surface area contributed by atoms with Crippen molar-refractivity contribution in [3.05, 3.63) is 145 Å². The van der Waals surface area contributed by atoms with Crippen LogP contribution in [0.15, 0.2) is 112 Å². The number of rotatable bonds is 7. The van der Waals surface area contributed by atoms with Gasteiger partial charge in [0.15, 0.2) is 11.4 Å². The molecule has 420 valence electrons.